The lowest BCUT2D eigenvalue weighted by atomic mass is 10.1. The fraction of sp³-hybridized carbons (Fsp3) is 0.682. The first kappa shape index (κ1) is 22.7. The number of para-hydroxylation sites is 1. The summed E-state index contributed by atoms with van der Waals surface area (Å²) in [5.41, 5.74) is 3.40. The molecule has 1 aliphatic heterocycles. The van der Waals surface area contributed by atoms with Crippen molar-refractivity contribution in [3.05, 3.63) is 29.3 Å². The summed E-state index contributed by atoms with van der Waals surface area (Å²) in [5, 5.41) is 3.36. The Morgan fingerprint density at radius 3 is 2.19 bits per heavy atom. The topological polar surface area (TPSA) is 35.6 Å². The van der Waals surface area contributed by atoms with Crippen LogP contribution < -0.4 is 10.2 Å². The number of anilines is 1. The van der Waals surface area contributed by atoms with E-state index < -0.39 is 0 Å². The highest BCUT2D eigenvalue weighted by atomic mass is 16.1. The van der Waals surface area contributed by atoms with E-state index in [0.717, 1.165) is 31.5 Å². The molecule has 1 saturated heterocycles. The number of amides is 1. The van der Waals surface area contributed by atoms with Crippen molar-refractivity contribution in [3.8, 4) is 0 Å². The van der Waals surface area contributed by atoms with Crippen molar-refractivity contribution in [2.75, 3.05) is 44.2 Å². The van der Waals surface area contributed by atoms with Crippen molar-refractivity contribution in [1.82, 2.24) is 10.2 Å². The third kappa shape index (κ3) is 8.33. The summed E-state index contributed by atoms with van der Waals surface area (Å²) < 4.78 is 0. The SMILES string of the molecule is CCCCCN1CCNCC1.CCCCN(C=O)c1c(C)cccc1C. The van der Waals surface area contributed by atoms with Gasteiger partial charge in [-0.1, -0.05) is 51.3 Å². The van der Waals surface area contributed by atoms with Crippen LogP contribution in [0, 0.1) is 13.8 Å². The van der Waals surface area contributed by atoms with Gasteiger partial charge in [-0.15, -0.1) is 0 Å². The van der Waals surface area contributed by atoms with E-state index in [9.17, 15) is 4.79 Å². The maximum atomic E-state index is 11.0. The fourth-order valence-corrected chi connectivity index (χ4v) is 3.32. The van der Waals surface area contributed by atoms with Crippen LogP contribution >= 0.6 is 0 Å². The molecule has 1 amide bonds. The van der Waals surface area contributed by atoms with Crippen LogP contribution in [0.2, 0.25) is 0 Å². The molecule has 0 radical (unpaired) electrons. The molecule has 0 atom stereocenters. The monoisotopic (exact) mass is 361 g/mol. The standard InChI is InChI=1S/C13H19NO.C9H20N2/c1-4-5-9-14(10-15)13-11(2)7-6-8-12(13)3;1-2-3-4-7-11-8-5-10-6-9-11/h6-8,10H,4-5,9H2,1-3H3;10H,2-9H2,1H3. The molecule has 0 aromatic heterocycles. The molecule has 26 heavy (non-hydrogen) atoms. The number of unbranched alkanes of at least 4 members (excludes halogenated alkanes) is 3. The van der Waals surface area contributed by atoms with Crippen molar-refractivity contribution in [3.63, 3.8) is 0 Å². The Kier molecular flexibility index (Phi) is 12.0. The smallest absolute Gasteiger partial charge is 0.214 e. The number of nitrogens with one attached hydrogen (secondary N) is 1. The van der Waals surface area contributed by atoms with E-state index >= 15 is 0 Å². The predicted octanol–water partition coefficient (Wildman–Crippen LogP) is 4.15. The average molecular weight is 362 g/mol. The van der Waals surface area contributed by atoms with Crippen LogP contribution in [-0.4, -0.2) is 50.6 Å². The number of benzene rings is 1. The largest absolute Gasteiger partial charge is 0.314 e. The molecule has 1 N–H and O–H groups in total. The number of nitrogens with zero attached hydrogens (tertiary/aromatic N) is 2. The molecule has 0 aliphatic carbocycles. The van der Waals surface area contributed by atoms with Crippen molar-refractivity contribution < 1.29 is 4.79 Å². The maximum absolute atomic E-state index is 11.0. The van der Waals surface area contributed by atoms with Gasteiger partial charge in [-0.3, -0.25) is 4.79 Å². The molecule has 148 valence electrons. The lowest BCUT2D eigenvalue weighted by molar-refractivity contribution is -0.107. The van der Waals surface area contributed by atoms with Gasteiger partial charge in [0.1, 0.15) is 0 Å². The average Bonchev–Trinajstić information content (AvgIpc) is 2.66. The number of hydrogen-bond acceptors (Lipinski definition) is 3. The highest BCUT2D eigenvalue weighted by Gasteiger charge is 2.10. The maximum Gasteiger partial charge on any atom is 0.214 e. The lowest BCUT2D eigenvalue weighted by Gasteiger charge is -2.26. The van der Waals surface area contributed by atoms with Gasteiger partial charge >= 0.3 is 0 Å². The first-order valence-electron chi connectivity index (χ1n) is 10.3. The zero-order valence-corrected chi connectivity index (χ0v) is 17.4. The molecular formula is C22H39N3O. The highest BCUT2D eigenvalue weighted by Crippen LogP contribution is 2.23. The Labute approximate surface area is 161 Å². The molecule has 2 rings (SSSR count). The van der Waals surface area contributed by atoms with Crippen molar-refractivity contribution >= 4 is 12.1 Å². The van der Waals surface area contributed by atoms with E-state index in [1.54, 1.807) is 0 Å². The molecule has 1 aliphatic rings. The minimum Gasteiger partial charge on any atom is -0.314 e. The molecule has 0 spiro atoms. The molecule has 0 unspecified atom stereocenters. The van der Waals surface area contributed by atoms with E-state index in [-0.39, 0.29) is 0 Å². The summed E-state index contributed by atoms with van der Waals surface area (Å²) in [5.74, 6) is 0. The number of aryl methyl sites for hydroxylation is 2. The zero-order valence-electron chi connectivity index (χ0n) is 17.4. The van der Waals surface area contributed by atoms with Gasteiger partial charge in [0.2, 0.25) is 6.41 Å². The molecule has 1 heterocycles. The molecule has 1 aromatic carbocycles. The van der Waals surface area contributed by atoms with E-state index in [4.69, 9.17) is 0 Å². The van der Waals surface area contributed by atoms with E-state index in [1.165, 1.54) is 63.1 Å². The van der Waals surface area contributed by atoms with Gasteiger partial charge in [0.25, 0.3) is 0 Å². The Morgan fingerprint density at radius 2 is 1.65 bits per heavy atom. The molecule has 0 saturated carbocycles. The van der Waals surface area contributed by atoms with Crippen LogP contribution in [0.15, 0.2) is 18.2 Å². The summed E-state index contributed by atoms with van der Waals surface area (Å²) in [6.45, 7) is 15.5. The Morgan fingerprint density at radius 1 is 1.04 bits per heavy atom. The summed E-state index contributed by atoms with van der Waals surface area (Å²) in [7, 11) is 0. The van der Waals surface area contributed by atoms with Gasteiger partial charge in [0.05, 0.1) is 0 Å². The Bertz CT molecular complexity index is 478. The first-order valence-corrected chi connectivity index (χ1v) is 10.3. The van der Waals surface area contributed by atoms with E-state index in [1.807, 2.05) is 36.9 Å². The van der Waals surface area contributed by atoms with Crippen LogP contribution in [0.5, 0.6) is 0 Å². The number of piperazine rings is 1. The van der Waals surface area contributed by atoms with Crippen LogP contribution in [-0.2, 0) is 4.79 Å². The van der Waals surface area contributed by atoms with Gasteiger partial charge in [-0.05, 0) is 44.4 Å². The molecule has 1 aromatic rings. The van der Waals surface area contributed by atoms with Crippen LogP contribution in [0.3, 0.4) is 0 Å². The summed E-state index contributed by atoms with van der Waals surface area (Å²) in [4.78, 5) is 15.4. The quantitative estimate of drug-likeness (QED) is 0.530. The second-order valence-electron chi connectivity index (χ2n) is 7.19. The second kappa shape index (κ2) is 13.8. The lowest BCUT2D eigenvalue weighted by Crippen LogP contribution is -2.43. The number of carbonyl (C=O) groups is 1. The van der Waals surface area contributed by atoms with Crippen LogP contribution in [0.4, 0.5) is 5.69 Å². The first-order chi connectivity index (χ1) is 12.6. The van der Waals surface area contributed by atoms with Gasteiger partial charge in [0.15, 0.2) is 0 Å². The summed E-state index contributed by atoms with van der Waals surface area (Å²) in [6.07, 6.45) is 7.21. The van der Waals surface area contributed by atoms with Crippen molar-refractivity contribution in [2.24, 2.45) is 0 Å². The highest BCUT2D eigenvalue weighted by molar-refractivity contribution is 5.78. The normalized spacial score (nSPS) is 14.5. The minimum atomic E-state index is 0.811. The van der Waals surface area contributed by atoms with Gasteiger partial charge in [-0.2, -0.15) is 0 Å². The fourth-order valence-electron chi connectivity index (χ4n) is 3.32. The molecule has 1 fully saturated rings. The van der Waals surface area contributed by atoms with Crippen LogP contribution in [0.25, 0.3) is 0 Å². The third-order valence-electron chi connectivity index (χ3n) is 4.89. The summed E-state index contributed by atoms with van der Waals surface area (Å²) >= 11 is 0. The van der Waals surface area contributed by atoms with Gasteiger partial charge < -0.3 is 15.1 Å². The molecular weight excluding hydrogens is 322 g/mol. The summed E-state index contributed by atoms with van der Waals surface area (Å²) in [6, 6.07) is 6.12. The molecule has 0 bridgehead atoms. The van der Waals surface area contributed by atoms with Crippen molar-refractivity contribution in [1.29, 1.82) is 0 Å². The van der Waals surface area contributed by atoms with Gasteiger partial charge in [0, 0.05) is 38.4 Å². The van der Waals surface area contributed by atoms with Crippen molar-refractivity contribution in [2.45, 2.75) is 59.8 Å². The Hall–Kier alpha value is -1.39. The third-order valence-corrected chi connectivity index (χ3v) is 4.89. The van der Waals surface area contributed by atoms with E-state index in [2.05, 4.69) is 24.1 Å². The van der Waals surface area contributed by atoms with Gasteiger partial charge in [-0.25, -0.2) is 0 Å². The number of hydrogen-bond donors (Lipinski definition) is 1. The minimum absolute atomic E-state index is 0.811. The second-order valence-corrected chi connectivity index (χ2v) is 7.19. The number of rotatable bonds is 9. The Balaban J connectivity index is 0.000000273. The van der Waals surface area contributed by atoms with E-state index in [0.29, 0.717) is 0 Å². The zero-order chi connectivity index (χ0) is 19.2. The predicted molar refractivity (Wildman–Crippen MR) is 113 cm³/mol. The number of carbonyl (C=O) groups excluding carboxylic acids is 1. The molecule has 4 nitrogen and oxygen atoms in total. The van der Waals surface area contributed by atoms with Crippen LogP contribution in [0.1, 0.15) is 57.1 Å². The molecule has 4 heteroatoms.